The lowest BCUT2D eigenvalue weighted by atomic mass is 9.75. The lowest BCUT2D eigenvalue weighted by molar-refractivity contribution is -0.159. The molecule has 1 aliphatic rings. The zero-order valence-corrected chi connectivity index (χ0v) is 17.9. The lowest BCUT2D eigenvalue weighted by Crippen LogP contribution is -2.36. The van der Waals surface area contributed by atoms with E-state index in [4.69, 9.17) is 9.47 Å². The summed E-state index contributed by atoms with van der Waals surface area (Å²) in [4.78, 5) is 26.7. The lowest BCUT2D eigenvalue weighted by Gasteiger charge is -2.36. The molecule has 3 atom stereocenters. The molecule has 0 amide bonds. The number of nitrogens with zero attached hydrogens (tertiary/aromatic N) is 1. The second-order valence-electron chi connectivity index (χ2n) is 8.15. The van der Waals surface area contributed by atoms with Gasteiger partial charge in [0.2, 0.25) is 0 Å². The predicted molar refractivity (Wildman–Crippen MR) is 112 cm³/mol. The molecule has 0 aromatic heterocycles. The van der Waals surface area contributed by atoms with Crippen molar-refractivity contribution in [2.75, 3.05) is 24.6 Å². The van der Waals surface area contributed by atoms with Gasteiger partial charge in [0.05, 0.1) is 5.56 Å². The zero-order valence-electron chi connectivity index (χ0n) is 17.9. The fourth-order valence-corrected chi connectivity index (χ4v) is 4.06. The van der Waals surface area contributed by atoms with Crippen molar-refractivity contribution in [2.24, 2.45) is 17.8 Å². The standard InChI is InChI=1S/C23H35NO4/c1-6-24(7-2)19-11-9-18(10-12-19)23(26)27-15-22(25)28-21-14-17(5)8-13-20(21)16(3)4/h9-12,16-17,20-21H,6-8,13-15H2,1-5H3/t17-,20-,21-/m1/s1. The highest BCUT2D eigenvalue weighted by Crippen LogP contribution is 2.35. The first kappa shape index (κ1) is 22.3. The molecule has 0 spiro atoms. The van der Waals surface area contributed by atoms with Crippen molar-refractivity contribution in [3.05, 3.63) is 29.8 Å². The minimum absolute atomic E-state index is 0.0803. The first-order chi connectivity index (χ1) is 13.3. The van der Waals surface area contributed by atoms with Crippen molar-refractivity contribution in [2.45, 2.75) is 60.0 Å². The van der Waals surface area contributed by atoms with E-state index in [1.165, 1.54) is 6.42 Å². The molecular formula is C23H35NO4. The van der Waals surface area contributed by atoms with Crippen molar-refractivity contribution in [3.63, 3.8) is 0 Å². The molecule has 0 N–H and O–H groups in total. The third-order valence-electron chi connectivity index (χ3n) is 5.80. The molecule has 1 aliphatic carbocycles. The monoisotopic (exact) mass is 389 g/mol. The normalized spacial score (nSPS) is 22.0. The summed E-state index contributed by atoms with van der Waals surface area (Å²) in [6.45, 7) is 12.2. The highest BCUT2D eigenvalue weighted by Gasteiger charge is 2.33. The molecule has 0 unspecified atom stereocenters. The number of esters is 2. The van der Waals surface area contributed by atoms with Gasteiger partial charge < -0.3 is 14.4 Å². The van der Waals surface area contributed by atoms with Gasteiger partial charge in [0.15, 0.2) is 6.61 Å². The summed E-state index contributed by atoms with van der Waals surface area (Å²) in [6.07, 6.45) is 3.06. The van der Waals surface area contributed by atoms with E-state index in [-0.39, 0.29) is 12.7 Å². The molecule has 2 rings (SSSR count). The maximum absolute atomic E-state index is 12.2. The van der Waals surface area contributed by atoms with Gasteiger partial charge in [-0.3, -0.25) is 0 Å². The van der Waals surface area contributed by atoms with Crippen LogP contribution in [0, 0.1) is 17.8 Å². The number of carbonyl (C=O) groups excluding carboxylic acids is 2. The Kier molecular flexibility index (Phi) is 8.34. The number of ether oxygens (including phenoxy) is 2. The van der Waals surface area contributed by atoms with Crippen LogP contribution in [-0.2, 0) is 14.3 Å². The first-order valence-corrected chi connectivity index (χ1v) is 10.6. The van der Waals surface area contributed by atoms with Crippen molar-refractivity contribution in [1.29, 1.82) is 0 Å². The van der Waals surface area contributed by atoms with Gasteiger partial charge in [-0.05, 0) is 68.7 Å². The summed E-state index contributed by atoms with van der Waals surface area (Å²) in [6, 6.07) is 7.27. The Labute approximate surface area is 169 Å². The Hall–Kier alpha value is -2.04. The third kappa shape index (κ3) is 5.98. The Morgan fingerprint density at radius 3 is 2.32 bits per heavy atom. The minimum Gasteiger partial charge on any atom is -0.460 e. The van der Waals surface area contributed by atoms with Crippen molar-refractivity contribution in [3.8, 4) is 0 Å². The van der Waals surface area contributed by atoms with Gasteiger partial charge in [-0.2, -0.15) is 0 Å². The molecule has 28 heavy (non-hydrogen) atoms. The van der Waals surface area contributed by atoms with Crippen LogP contribution >= 0.6 is 0 Å². The van der Waals surface area contributed by atoms with E-state index in [1.54, 1.807) is 12.1 Å². The molecular weight excluding hydrogens is 354 g/mol. The number of hydrogen-bond donors (Lipinski definition) is 0. The number of anilines is 1. The quantitative estimate of drug-likeness (QED) is 0.604. The first-order valence-electron chi connectivity index (χ1n) is 10.6. The van der Waals surface area contributed by atoms with Crippen LogP contribution in [0.25, 0.3) is 0 Å². The average Bonchev–Trinajstić information content (AvgIpc) is 2.67. The summed E-state index contributed by atoms with van der Waals surface area (Å²) in [7, 11) is 0. The summed E-state index contributed by atoms with van der Waals surface area (Å²) < 4.78 is 10.9. The molecule has 1 fully saturated rings. The van der Waals surface area contributed by atoms with Crippen LogP contribution in [0.4, 0.5) is 5.69 Å². The van der Waals surface area contributed by atoms with Crippen LogP contribution in [-0.4, -0.2) is 37.7 Å². The van der Waals surface area contributed by atoms with Gasteiger partial charge in [-0.1, -0.05) is 27.2 Å². The van der Waals surface area contributed by atoms with Gasteiger partial charge in [-0.15, -0.1) is 0 Å². The van der Waals surface area contributed by atoms with E-state index in [2.05, 4.69) is 39.5 Å². The topological polar surface area (TPSA) is 55.8 Å². The minimum atomic E-state index is -0.500. The molecule has 156 valence electrons. The summed E-state index contributed by atoms with van der Waals surface area (Å²) >= 11 is 0. The number of benzene rings is 1. The second-order valence-corrected chi connectivity index (χ2v) is 8.15. The number of hydrogen-bond acceptors (Lipinski definition) is 5. The largest absolute Gasteiger partial charge is 0.460 e. The second kappa shape index (κ2) is 10.5. The van der Waals surface area contributed by atoms with Gasteiger partial charge >= 0.3 is 11.9 Å². The Balaban J connectivity index is 1.87. The van der Waals surface area contributed by atoms with E-state index < -0.39 is 11.9 Å². The third-order valence-corrected chi connectivity index (χ3v) is 5.80. The molecule has 0 saturated heterocycles. The molecule has 0 bridgehead atoms. The van der Waals surface area contributed by atoms with Crippen molar-refractivity contribution >= 4 is 17.6 Å². The maximum atomic E-state index is 12.2. The number of rotatable bonds is 8. The fraction of sp³-hybridized carbons (Fsp3) is 0.652. The SMILES string of the molecule is CCN(CC)c1ccc(C(=O)OCC(=O)O[C@@H]2C[C@H](C)CC[C@@H]2C(C)C)cc1. The molecule has 1 aromatic rings. The molecule has 0 radical (unpaired) electrons. The van der Waals surface area contributed by atoms with E-state index in [1.807, 2.05) is 12.1 Å². The van der Waals surface area contributed by atoms with Crippen molar-refractivity contribution in [1.82, 2.24) is 0 Å². The maximum Gasteiger partial charge on any atom is 0.344 e. The Morgan fingerprint density at radius 1 is 1.11 bits per heavy atom. The van der Waals surface area contributed by atoms with E-state index >= 15 is 0 Å². The predicted octanol–water partition coefficient (Wildman–Crippen LogP) is 4.69. The molecule has 5 nitrogen and oxygen atoms in total. The van der Waals surface area contributed by atoms with Crippen LogP contribution in [0.5, 0.6) is 0 Å². The van der Waals surface area contributed by atoms with Crippen LogP contribution < -0.4 is 4.90 Å². The van der Waals surface area contributed by atoms with E-state index in [9.17, 15) is 9.59 Å². The number of carbonyl (C=O) groups is 2. The summed E-state index contributed by atoms with van der Waals surface area (Å²) in [5.74, 6) is 0.443. The van der Waals surface area contributed by atoms with E-state index in [0.717, 1.165) is 31.6 Å². The fourth-order valence-electron chi connectivity index (χ4n) is 4.06. The van der Waals surface area contributed by atoms with Crippen LogP contribution in [0.2, 0.25) is 0 Å². The Bertz CT molecular complexity index is 637. The summed E-state index contributed by atoms with van der Waals surface area (Å²) in [5.41, 5.74) is 1.50. The average molecular weight is 390 g/mol. The zero-order chi connectivity index (χ0) is 20.7. The van der Waals surface area contributed by atoms with Crippen LogP contribution in [0.3, 0.4) is 0 Å². The molecule has 0 aliphatic heterocycles. The highest BCUT2D eigenvalue weighted by atomic mass is 16.6. The molecule has 1 aromatic carbocycles. The molecule has 1 saturated carbocycles. The molecule has 5 heteroatoms. The molecule has 0 heterocycles. The highest BCUT2D eigenvalue weighted by molar-refractivity contribution is 5.91. The smallest absolute Gasteiger partial charge is 0.344 e. The van der Waals surface area contributed by atoms with E-state index in [0.29, 0.717) is 23.3 Å². The Morgan fingerprint density at radius 2 is 1.75 bits per heavy atom. The van der Waals surface area contributed by atoms with Gasteiger partial charge in [0.25, 0.3) is 0 Å². The van der Waals surface area contributed by atoms with Gasteiger partial charge in [0.1, 0.15) is 6.10 Å². The van der Waals surface area contributed by atoms with Crippen LogP contribution in [0.1, 0.15) is 64.2 Å². The van der Waals surface area contributed by atoms with Crippen molar-refractivity contribution < 1.29 is 19.1 Å². The van der Waals surface area contributed by atoms with Gasteiger partial charge in [0, 0.05) is 18.8 Å². The summed E-state index contributed by atoms with van der Waals surface area (Å²) in [5, 5.41) is 0. The van der Waals surface area contributed by atoms with Crippen LogP contribution in [0.15, 0.2) is 24.3 Å². The van der Waals surface area contributed by atoms with Gasteiger partial charge in [-0.25, -0.2) is 9.59 Å².